The normalized spacial score (nSPS) is 11.6. The molecule has 2 N–H and O–H groups in total. The van der Waals surface area contributed by atoms with Crippen molar-refractivity contribution in [1.82, 2.24) is 0 Å². The fourth-order valence-electron chi connectivity index (χ4n) is 2.24. The lowest BCUT2D eigenvalue weighted by Gasteiger charge is -2.06. The second kappa shape index (κ2) is 6.73. The van der Waals surface area contributed by atoms with Crippen LogP contribution in [0, 0.1) is 5.92 Å². The molecule has 0 amide bonds. The van der Waals surface area contributed by atoms with Gasteiger partial charge in [0.2, 0.25) is 0 Å². The summed E-state index contributed by atoms with van der Waals surface area (Å²) in [4.78, 5) is 0. The van der Waals surface area contributed by atoms with Gasteiger partial charge in [0.25, 0.3) is 0 Å². The predicted molar refractivity (Wildman–Crippen MR) is 77.8 cm³/mol. The molecule has 0 radical (unpaired) electrons. The molecule has 19 heavy (non-hydrogen) atoms. The van der Waals surface area contributed by atoms with Crippen molar-refractivity contribution in [2.24, 2.45) is 11.7 Å². The molecular weight excluding hydrogens is 238 g/mol. The first-order chi connectivity index (χ1) is 9.22. The summed E-state index contributed by atoms with van der Waals surface area (Å²) < 4.78 is 11.5. The summed E-state index contributed by atoms with van der Waals surface area (Å²) in [6, 6.07) is 8.02. The Morgan fingerprint density at radius 1 is 1.26 bits per heavy atom. The molecule has 1 aromatic heterocycles. The molecule has 0 unspecified atom stereocenters. The molecule has 0 aliphatic heterocycles. The van der Waals surface area contributed by atoms with Gasteiger partial charge < -0.3 is 14.9 Å². The standard InChI is InChI=1S/C16H23NO2/c1-12(2)6-5-9-18-11-14-13-7-3-4-8-15(13)19-16(14)10-17/h3-4,7-8,12H,5-6,9-11,17H2,1-2H3. The van der Waals surface area contributed by atoms with Gasteiger partial charge in [-0.2, -0.15) is 0 Å². The van der Waals surface area contributed by atoms with Gasteiger partial charge in [0.1, 0.15) is 11.3 Å². The van der Waals surface area contributed by atoms with Crippen LogP contribution in [-0.4, -0.2) is 6.61 Å². The fraction of sp³-hybridized carbons (Fsp3) is 0.500. The average molecular weight is 261 g/mol. The second-order valence-corrected chi connectivity index (χ2v) is 5.29. The van der Waals surface area contributed by atoms with Crippen LogP contribution < -0.4 is 5.73 Å². The number of para-hydroxylation sites is 1. The fourth-order valence-corrected chi connectivity index (χ4v) is 2.24. The molecule has 0 saturated heterocycles. The number of hydrogen-bond acceptors (Lipinski definition) is 3. The number of fused-ring (bicyclic) bond motifs is 1. The summed E-state index contributed by atoms with van der Waals surface area (Å²) in [7, 11) is 0. The van der Waals surface area contributed by atoms with Crippen LogP contribution >= 0.6 is 0 Å². The molecule has 2 aromatic rings. The van der Waals surface area contributed by atoms with E-state index in [4.69, 9.17) is 14.9 Å². The molecule has 0 atom stereocenters. The molecular formula is C16H23NO2. The third kappa shape index (κ3) is 3.58. The summed E-state index contributed by atoms with van der Waals surface area (Å²) in [6.45, 7) is 6.26. The largest absolute Gasteiger partial charge is 0.459 e. The average Bonchev–Trinajstić information content (AvgIpc) is 2.76. The van der Waals surface area contributed by atoms with E-state index in [-0.39, 0.29) is 0 Å². The van der Waals surface area contributed by atoms with Crippen LogP contribution in [0.15, 0.2) is 28.7 Å². The number of hydrogen-bond donors (Lipinski definition) is 1. The molecule has 104 valence electrons. The molecule has 0 aliphatic carbocycles. The highest BCUT2D eigenvalue weighted by Crippen LogP contribution is 2.26. The Kier molecular flexibility index (Phi) is 5.00. The summed E-state index contributed by atoms with van der Waals surface area (Å²) in [5.74, 6) is 1.57. The zero-order valence-electron chi connectivity index (χ0n) is 11.8. The minimum absolute atomic E-state index is 0.416. The second-order valence-electron chi connectivity index (χ2n) is 5.29. The lowest BCUT2D eigenvalue weighted by Crippen LogP contribution is -2.02. The molecule has 0 aliphatic rings. The van der Waals surface area contributed by atoms with Crippen LogP contribution in [0.2, 0.25) is 0 Å². The molecule has 2 rings (SSSR count). The Balaban J connectivity index is 1.99. The van der Waals surface area contributed by atoms with Gasteiger partial charge in [-0.1, -0.05) is 32.0 Å². The van der Waals surface area contributed by atoms with Crippen LogP contribution in [-0.2, 0) is 17.9 Å². The van der Waals surface area contributed by atoms with Crippen molar-refractivity contribution in [1.29, 1.82) is 0 Å². The number of benzene rings is 1. The van der Waals surface area contributed by atoms with Crippen LogP contribution in [0.3, 0.4) is 0 Å². The Morgan fingerprint density at radius 2 is 2.05 bits per heavy atom. The van der Waals surface area contributed by atoms with Crippen LogP contribution in [0.5, 0.6) is 0 Å². The first kappa shape index (κ1) is 14.1. The molecule has 1 aromatic carbocycles. The number of rotatable bonds is 7. The quantitative estimate of drug-likeness (QED) is 0.770. The zero-order chi connectivity index (χ0) is 13.7. The summed E-state index contributed by atoms with van der Waals surface area (Å²) >= 11 is 0. The summed E-state index contributed by atoms with van der Waals surface area (Å²) in [6.07, 6.45) is 2.31. The van der Waals surface area contributed by atoms with Crippen molar-refractivity contribution in [3.8, 4) is 0 Å². The van der Waals surface area contributed by atoms with Crippen molar-refractivity contribution in [2.75, 3.05) is 6.61 Å². The zero-order valence-corrected chi connectivity index (χ0v) is 11.8. The van der Waals surface area contributed by atoms with Gasteiger partial charge in [0, 0.05) is 17.6 Å². The summed E-state index contributed by atoms with van der Waals surface area (Å²) in [5, 5.41) is 1.12. The summed E-state index contributed by atoms with van der Waals surface area (Å²) in [5.41, 5.74) is 7.73. The highest BCUT2D eigenvalue weighted by atomic mass is 16.5. The Labute approximate surface area is 114 Å². The Morgan fingerprint density at radius 3 is 2.79 bits per heavy atom. The van der Waals surface area contributed by atoms with E-state index in [1.165, 1.54) is 6.42 Å². The maximum atomic E-state index is 5.76. The van der Waals surface area contributed by atoms with Crippen molar-refractivity contribution >= 4 is 11.0 Å². The highest BCUT2D eigenvalue weighted by Gasteiger charge is 2.12. The van der Waals surface area contributed by atoms with Gasteiger partial charge in [-0.25, -0.2) is 0 Å². The van der Waals surface area contributed by atoms with Crippen molar-refractivity contribution in [3.63, 3.8) is 0 Å². The monoisotopic (exact) mass is 261 g/mol. The molecule has 0 fully saturated rings. The van der Waals surface area contributed by atoms with Crippen LogP contribution in [0.25, 0.3) is 11.0 Å². The van der Waals surface area contributed by atoms with Gasteiger partial charge in [-0.05, 0) is 24.8 Å². The maximum Gasteiger partial charge on any atom is 0.134 e. The number of furan rings is 1. The third-order valence-electron chi connectivity index (χ3n) is 3.28. The molecule has 3 nitrogen and oxygen atoms in total. The van der Waals surface area contributed by atoms with E-state index < -0.39 is 0 Å². The third-order valence-corrected chi connectivity index (χ3v) is 3.28. The van der Waals surface area contributed by atoms with E-state index in [0.29, 0.717) is 13.2 Å². The van der Waals surface area contributed by atoms with Crippen molar-refractivity contribution < 1.29 is 9.15 Å². The van der Waals surface area contributed by atoms with Crippen LogP contribution in [0.4, 0.5) is 0 Å². The van der Waals surface area contributed by atoms with E-state index in [2.05, 4.69) is 19.9 Å². The van der Waals surface area contributed by atoms with Gasteiger partial charge in [-0.15, -0.1) is 0 Å². The van der Waals surface area contributed by atoms with Crippen LogP contribution in [0.1, 0.15) is 38.0 Å². The smallest absolute Gasteiger partial charge is 0.134 e. The first-order valence-electron chi connectivity index (χ1n) is 6.99. The van der Waals surface area contributed by atoms with Crippen molar-refractivity contribution in [3.05, 3.63) is 35.6 Å². The van der Waals surface area contributed by atoms with Gasteiger partial charge in [0.05, 0.1) is 13.2 Å². The Hall–Kier alpha value is -1.32. The number of nitrogens with two attached hydrogens (primary N) is 1. The Bertz CT molecular complexity index is 516. The topological polar surface area (TPSA) is 48.4 Å². The first-order valence-corrected chi connectivity index (χ1v) is 6.99. The van der Waals surface area contributed by atoms with E-state index in [1.807, 2.05) is 18.2 Å². The predicted octanol–water partition coefficient (Wildman–Crippen LogP) is 3.84. The van der Waals surface area contributed by atoms with Gasteiger partial charge in [0.15, 0.2) is 0 Å². The molecule has 0 spiro atoms. The maximum absolute atomic E-state index is 5.76. The van der Waals surface area contributed by atoms with E-state index in [1.54, 1.807) is 0 Å². The minimum atomic E-state index is 0.416. The lowest BCUT2D eigenvalue weighted by atomic mass is 10.1. The number of ether oxygens (including phenoxy) is 1. The lowest BCUT2D eigenvalue weighted by molar-refractivity contribution is 0.114. The van der Waals surface area contributed by atoms with Gasteiger partial charge in [-0.3, -0.25) is 0 Å². The SMILES string of the molecule is CC(C)CCCOCc1c(CN)oc2ccccc12. The minimum Gasteiger partial charge on any atom is -0.459 e. The van der Waals surface area contributed by atoms with E-state index >= 15 is 0 Å². The molecule has 1 heterocycles. The van der Waals surface area contributed by atoms with Gasteiger partial charge >= 0.3 is 0 Å². The molecule has 0 saturated carbocycles. The molecule has 0 bridgehead atoms. The molecule has 3 heteroatoms. The van der Waals surface area contributed by atoms with Crippen molar-refractivity contribution in [2.45, 2.75) is 39.8 Å². The van der Waals surface area contributed by atoms with E-state index in [9.17, 15) is 0 Å². The highest BCUT2D eigenvalue weighted by molar-refractivity contribution is 5.82. The van der Waals surface area contributed by atoms with E-state index in [0.717, 1.165) is 41.2 Å².